The standard InChI is InChI=1S/C18H23N7S.HI/c1-3-19-18(20-10-9-17-21-11-14(2)26-17)22-12-16-24-23-13-25(16)15-7-5-4-6-8-15;/h4-8,11,13H,3,9-10,12H2,1-2H3,(H2,19,20,22);1H. The van der Waals surface area contributed by atoms with Crippen molar-refractivity contribution in [2.24, 2.45) is 4.99 Å². The van der Waals surface area contributed by atoms with E-state index in [0.29, 0.717) is 6.54 Å². The van der Waals surface area contributed by atoms with Gasteiger partial charge < -0.3 is 10.6 Å². The highest BCUT2D eigenvalue weighted by molar-refractivity contribution is 14.0. The molecule has 27 heavy (non-hydrogen) atoms. The van der Waals surface area contributed by atoms with Gasteiger partial charge in [0, 0.05) is 36.3 Å². The summed E-state index contributed by atoms with van der Waals surface area (Å²) in [7, 11) is 0. The lowest BCUT2D eigenvalue weighted by atomic mass is 10.3. The molecule has 0 fully saturated rings. The Labute approximate surface area is 180 Å². The first kappa shape index (κ1) is 21.3. The van der Waals surface area contributed by atoms with Crippen LogP contribution in [0.25, 0.3) is 5.69 Å². The molecule has 0 aliphatic rings. The third-order valence-corrected chi connectivity index (χ3v) is 4.65. The Bertz CT molecular complexity index is 844. The van der Waals surface area contributed by atoms with Crippen molar-refractivity contribution < 1.29 is 0 Å². The first-order chi connectivity index (χ1) is 12.8. The van der Waals surface area contributed by atoms with E-state index in [4.69, 9.17) is 0 Å². The number of benzene rings is 1. The molecule has 3 aromatic rings. The molecular weight excluding hydrogens is 473 g/mol. The predicted molar refractivity (Wildman–Crippen MR) is 120 cm³/mol. The van der Waals surface area contributed by atoms with E-state index in [1.165, 1.54) is 4.88 Å². The molecule has 3 rings (SSSR count). The van der Waals surface area contributed by atoms with Gasteiger partial charge in [-0.05, 0) is 26.0 Å². The number of aryl methyl sites for hydroxylation is 1. The molecule has 0 atom stereocenters. The Morgan fingerprint density at radius 3 is 2.74 bits per heavy atom. The van der Waals surface area contributed by atoms with Crippen LogP contribution in [0.2, 0.25) is 0 Å². The molecule has 0 radical (unpaired) electrons. The molecule has 9 heteroatoms. The minimum absolute atomic E-state index is 0. The van der Waals surface area contributed by atoms with E-state index >= 15 is 0 Å². The number of hydrogen-bond acceptors (Lipinski definition) is 5. The van der Waals surface area contributed by atoms with E-state index in [2.05, 4.69) is 37.7 Å². The maximum absolute atomic E-state index is 4.63. The van der Waals surface area contributed by atoms with Crippen molar-refractivity contribution in [1.29, 1.82) is 0 Å². The average molecular weight is 497 g/mol. The molecule has 0 spiro atoms. The molecule has 0 saturated heterocycles. The van der Waals surface area contributed by atoms with Crippen molar-refractivity contribution >= 4 is 41.3 Å². The van der Waals surface area contributed by atoms with Gasteiger partial charge in [0.1, 0.15) is 12.9 Å². The monoisotopic (exact) mass is 497 g/mol. The van der Waals surface area contributed by atoms with Gasteiger partial charge >= 0.3 is 0 Å². The molecule has 0 unspecified atom stereocenters. The van der Waals surface area contributed by atoms with Gasteiger partial charge in [-0.25, -0.2) is 9.98 Å². The fourth-order valence-electron chi connectivity index (χ4n) is 2.47. The Balaban J connectivity index is 0.00000261. The van der Waals surface area contributed by atoms with Crippen LogP contribution in [0.1, 0.15) is 22.6 Å². The van der Waals surface area contributed by atoms with Crippen LogP contribution in [0, 0.1) is 6.92 Å². The van der Waals surface area contributed by atoms with Crippen LogP contribution in [0.5, 0.6) is 0 Å². The van der Waals surface area contributed by atoms with Crippen LogP contribution < -0.4 is 10.6 Å². The molecule has 0 bridgehead atoms. The van der Waals surface area contributed by atoms with Crippen molar-refractivity contribution in [3.8, 4) is 5.69 Å². The van der Waals surface area contributed by atoms with Crippen molar-refractivity contribution in [3.63, 3.8) is 0 Å². The summed E-state index contributed by atoms with van der Waals surface area (Å²) in [6, 6.07) is 10.0. The van der Waals surface area contributed by atoms with Gasteiger partial charge in [0.15, 0.2) is 11.8 Å². The highest BCUT2D eigenvalue weighted by atomic mass is 127. The van der Waals surface area contributed by atoms with Crippen LogP contribution in [0.15, 0.2) is 47.8 Å². The molecule has 2 N–H and O–H groups in total. The molecule has 2 aromatic heterocycles. The van der Waals surface area contributed by atoms with Crippen molar-refractivity contribution in [1.82, 2.24) is 30.4 Å². The van der Waals surface area contributed by atoms with Crippen LogP contribution in [-0.4, -0.2) is 38.8 Å². The number of rotatable bonds is 7. The number of guanidine groups is 1. The number of halogens is 1. The number of hydrogen-bond donors (Lipinski definition) is 2. The summed E-state index contributed by atoms with van der Waals surface area (Å²) in [5.41, 5.74) is 1.03. The molecule has 0 aliphatic carbocycles. The second kappa shape index (κ2) is 11.0. The van der Waals surface area contributed by atoms with E-state index < -0.39 is 0 Å². The molecule has 0 saturated carbocycles. The zero-order valence-corrected chi connectivity index (χ0v) is 18.6. The summed E-state index contributed by atoms with van der Waals surface area (Å²) in [5.74, 6) is 1.56. The van der Waals surface area contributed by atoms with Gasteiger partial charge in [0.25, 0.3) is 0 Å². The summed E-state index contributed by atoms with van der Waals surface area (Å²) in [4.78, 5) is 10.3. The van der Waals surface area contributed by atoms with Crippen LogP contribution in [0.3, 0.4) is 0 Å². The van der Waals surface area contributed by atoms with Gasteiger partial charge in [-0.15, -0.1) is 45.5 Å². The largest absolute Gasteiger partial charge is 0.357 e. The van der Waals surface area contributed by atoms with E-state index in [-0.39, 0.29) is 24.0 Å². The van der Waals surface area contributed by atoms with E-state index in [0.717, 1.165) is 42.0 Å². The smallest absolute Gasteiger partial charge is 0.191 e. The first-order valence-corrected chi connectivity index (χ1v) is 9.45. The summed E-state index contributed by atoms with van der Waals surface area (Å²) in [6.45, 7) is 6.15. The fraction of sp³-hybridized carbons (Fsp3) is 0.333. The quantitative estimate of drug-likeness (QED) is 0.298. The topological polar surface area (TPSA) is 80.0 Å². The Morgan fingerprint density at radius 1 is 1.22 bits per heavy atom. The van der Waals surface area contributed by atoms with Gasteiger partial charge in [0.2, 0.25) is 0 Å². The minimum Gasteiger partial charge on any atom is -0.357 e. The van der Waals surface area contributed by atoms with Gasteiger partial charge in [-0.3, -0.25) is 4.57 Å². The van der Waals surface area contributed by atoms with Gasteiger partial charge in [0.05, 0.1) is 5.01 Å². The summed E-state index contributed by atoms with van der Waals surface area (Å²) in [5, 5.41) is 16.0. The highest BCUT2D eigenvalue weighted by Gasteiger charge is 2.06. The minimum atomic E-state index is 0. The van der Waals surface area contributed by atoms with Gasteiger partial charge in [-0.1, -0.05) is 18.2 Å². The second-order valence-corrected chi connectivity index (χ2v) is 7.01. The SMILES string of the molecule is CCNC(=NCc1nncn1-c1ccccc1)NCCc1ncc(C)s1.I. The number of aliphatic imine (C=N–C) groups is 1. The zero-order chi connectivity index (χ0) is 18.2. The summed E-state index contributed by atoms with van der Waals surface area (Å²) >= 11 is 1.73. The predicted octanol–water partition coefficient (Wildman–Crippen LogP) is 2.95. The summed E-state index contributed by atoms with van der Waals surface area (Å²) < 4.78 is 1.95. The normalized spacial score (nSPS) is 11.1. The lowest BCUT2D eigenvalue weighted by Crippen LogP contribution is -2.38. The number of thiazole rings is 1. The highest BCUT2D eigenvalue weighted by Crippen LogP contribution is 2.11. The third-order valence-electron chi connectivity index (χ3n) is 3.68. The molecule has 2 heterocycles. The number of para-hydroxylation sites is 1. The van der Waals surface area contributed by atoms with Crippen molar-refractivity contribution in [2.75, 3.05) is 13.1 Å². The van der Waals surface area contributed by atoms with E-state index in [1.807, 2.05) is 48.0 Å². The molecule has 144 valence electrons. The first-order valence-electron chi connectivity index (χ1n) is 8.64. The third kappa shape index (κ3) is 6.28. The molecule has 0 amide bonds. The van der Waals surface area contributed by atoms with Crippen LogP contribution in [0.4, 0.5) is 0 Å². The molecule has 1 aromatic carbocycles. The lowest BCUT2D eigenvalue weighted by molar-refractivity contribution is 0.782. The zero-order valence-electron chi connectivity index (χ0n) is 15.4. The molecule has 7 nitrogen and oxygen atoms in total. The van der Waals surface area contributed by atoms with Crippen LogP contribution >= 0.6 is 35.3 Å². The second-order valence-electron chi connectivity index (χ2n) is 5.69. The molecular formula is C18H24IN7S. The fourth-order valence-corrected chi connectivity index (χ4v) is 3.25. The maximum atomic E-state index is 4.63. The van der Waals surface area contributed by atoms with Crippen molar-refractivity contribution in [3.05, 3.63) is 58.6 Å². The van der Waals surface area contributed by atoms with Crippen LogP contribution in [-0.2, 0) is 13.0 Å². The Kier molecular flexibility index (Phi) is 8.65. The van der Waals surface area contributed by atoms with Crippen molar-refractivity contribution in [2.45, 2.75) is 26.8 Å². The Hall–Kier alpha value is -2.01. The number of nitrogens with zero attached hydrogens (tertiary/aromatic N) is 5. The van der Waals surface area contributed by atoms with E-state index in [1.54, 1.807) is 17.7 Å². The maximum Gasteiger partial charge on any atom is 0.191 e. The van der Waals surface area contributed by atoms with Gasteiger partial charge in [-0.2, -0.15) is 0 Å². The lowest BCUT2D eigenvalue weighted by Gasteiger charge is -2.11. The van der Waals surface area contributed by atoms with E-state index in [9.17, 15) is 0 Å². The summed E-state index contributed by atoms with van der Waals surface area (Å²) in [6.07, 6.45) is 4.50. The molecule has 0 aliphatic heterocycles. The number of aromatic nitrogens is 4. The Morgan fingerprint density at radius 2 is 2.04 bits per heavy atom. The number of nitrogens with one attached hydrogen (secondary N) is 2. The average Bonchev–Trinajstić information content (AvgIpc) is 3.29.